The molecule has 0 bridgehead atoms. The van der Waals surface area contributed by atoms with Gasteiger partial charge in [0.1, 0.15) is 11.4 Å². The molecule has 1 atom stereocenters. The van der Waals surface area contributed by atoms with E-state index in [0.717, 1.165) is 22.7 Å². The molecule has 0 spiro atoms. The Morgan fingerprint density at radius 2 is 2.14 bits per heavy atom. The van der Waals surface area contributed by atoms with Gasteiger partial charge in [0.2, 0.25) is 0 Å². The molecule has 0 radical (unpaired) electrons. The predicted octanol–water partition coefficient (Wildman–Crippen LogP) is 2.51. The molecule has 5 heteroatoms. The molecule has 2 heterocycles. The van der Waals surface area contributed by atoms with Crippen LogP contribution in [0.5, 0.6) is 11.5 Å². The highest BCUT2D eigenvalue weighted by atomic mass is 16.5. The Labute approximate surface area is 123 Å². The molecule has 5 nitrogen and oxygen atoms in total. The van der Waals surface area contributed by atoms with Crippen LogP contribution in [-0.2, 0) is 11.8 Å². The van der Waals surface area contributed by atoms with E-state index in [1.54, 1.807) is 4.68 Å². The number of aromatic nitrogens is 2. The average Bonchev–Trinajstić information content (AvgIpc) is 2.73. The van der Waals surface area contributed by atoms with Gasteiger partial charge in [-0.15, -0.1) is 0 Å². The smallest absolute Gasteiger partial charge is 0.319 e. The SMILES string of the molecule is Cc1nn(C)c(C)c1OC(=O)[C@H]1CCOc2ccccc21. The lowest BCUT2D eigenvalue weighted by Crippen LogP contribution is -2.25. The molecule has 2 aromatic rings. The molecule has 0 fully saturated rings. The summed E-state index contributed by atoms with van der Waals surface area (Å²) in [7, 11) is 1.84. The van der Waals surface area contributed by atoms with Crippen LogP contribution in [0.15, 0.2) is 24.3 Å². The fraction of sp³-hybridized carbons (Fsp3) is 0.375. The Balaban J connectivity index is 1.87. The van der Waals surface area contributed by atoms with E-state index in [2.05, 4.69) is 5.10 Å². The first kappa shape index (κ1) is 13.7. The van der Waals surface area contributed by atoms with E-state index in [0.29, 0.717) is 18.8 Å². The van der Waals surface area contributed by atoms with Crippen molar-refractivity contribution in [2.24, 2.45) is 7.05 Å². The predicted molar refractivity (Wildman–Crippen MR) is 77.6 cm³/mol. The molecule has 21 heavy (non-hydrogen) atoms. The zero-order valence-electron chi connectivity index (χ0n) is 12.4. The molecular formula is C16H18N2O3. The second-order valence-electron chi connectivity index (χ2n) is 5.27. The third kappa shape index (κ3) is 2.39. The highest BCUT2D eigenvalue weighted by molar-refractivity contribution is 5.82. The van der Waals surface area contributed by atoms with Crippen LogP contribution in [0.1, 0.15) is 29.3 Å². The molecule has 0 aliphatic carbocycles. The maximum Gasteiger partial charge on any atom is 0.319 e. The van der Waals surface area contributed by atoms with Crippen molar-refractivity contribution >= 4 is 5.97 Å². The molecule has 1 aliphatic rings. The first-order valence-corrected chi connectivity index (χ1v) is 7.01. The van der Waals surface area contributed by atoms with E-state index in [4.69, 9.17) is 9.47 Å². The second-order valence-corrected chi connectivity index (χ2v) is 5.27. The number of aryl methyl sites for hydroxylation is 2. The minimum Gasteiger partial charge on any atom is -0.493 e. The number of carbonyl (C=O) groups excluding carboxylic acids is 1. The summed E-state index contributed by atoms with van der Waals surface area (Å²) < 4.78 is 12.9. The van der Waals surface area contributed by atoms with Crippen molar-refractivity contribution in [1.29, 1.82) is 0 Å². The van der Waals surface area contributed by atoms with Crippen molar-refractivity contribution in [3.63, 3.8) is 0 Å². The van der Waals surface area contributed by atoms with Crippen LogP contribution in [0, 0.1) is 13.8 Å². The van der Waals surface area contributed by atoms with Gasteiger partial charge in [-0.05, 0) is 26.3 Å². The maximum absolute atomic E-state index is 12.5. The number of rotatable bonds is 2. The van der Waals surface area contributed by atoms with Crippen molar-refractivity contribution in [2.45, 2.75) is 26.2 Å². The number of fused-ring (bicyclic) bond motifs is 1. The summed E-state index contributed by atoms with van der Waals surface area (Å²) in [5.74, 6) is 0.802. The summed E-state index contributed by atoms with van der Waals surface area (Å²) in [4.78, 5) is 12.5. The molecule has 0 N–H and O–H groups in total. The van der Waals surface area contributed by atoms with E-state index in [1.807, 2.05) is 45.2 Å². The summed E-state index contributed by atoms with van der Waals surface area (Å²) in [6.07, 6.45) is 0.633. The minimum absolute atomic E-state index is 0.245. The average molecular weight is 286 g/mol. The van der Waals surface area contributed by atoms with Gasteiger partial charge in [-0.25, -0.2) is 0 Å². The van der Waals surface area contributed by atoms with Gasteiger partial charge >= 0.3 is 5.97 Å². The summed E-state index contributed by atoms with van der Waals surface area (Å²) in [5, 5.41) is 4.27. The van der Waals surface area contributed by atoms with E-state index in [1.165, 1.54) is 0 Å². The number of hydrogen-bond acceptors (Lipinski definition) is 4. The van der Waals surface area contributed by atoms with E-state index in [9.17, 15) is 4.79 Å². The lowest BCUT2D eigenvalue weighted by Gasteiger charge is -2.24. The van der Waals surface area contributed by atoms with Crippen LogP contribution in [0.4, 0.5) is 0 Å². The van der Waals surface area contributed by atoms with Gasteiger partial charge in [-0.1, -0.05) is 18.2 Å². The van der Waals surface area contributed by atoms with Gasteiger partial charge in [-0.3, -0.25) is 9.48 Å². The fourth-order valence-electron chi connectivity index (χ4n) is 2.66. The standard InChI is InChI=1S/C16H18N2O3/c1-10-15(11(2)18(3)17-10)21-16(19)13-8-9-20-14-7-5-4-6-12(13)14/h4-7,13H,8-9H2,1-3H3/t13-/m0/s1. The summed E-state index contributed by atoms with van der Waals surface area (Å²) >= 11 is 0. The van der Waals surface area contributed by atoms with Crippen molar-refractivity contribution < 1.29 is 14.3 Å². The lowest BCUT2D eigenvalue weighted by atomic mass is 9.93. The van der Waals surface area contributed by atoms with Crippen LogP contribution in [0.25, 0.3) is 0 Å². The third-order valence-electron chi connectivity index (χ3n) is 3.89. The van der Waals surface area contributed by atoms with Crippen molar-refractivity contribution in [3.8, 4) is 11.5 Å². The van der Waals surface area contributed by atoms with Gasteiger partial charge in [0.15, 0.2) is 5.75 Å². The third-order valence-corrected chi connectivity index (χ3v) is 3.89. The molecule has 0 saturated heterocycles. The first-order valence-electron chi connectivity index (χ1n) is 7.01. The lowest BCUT2D eigenvalue weighted by molar-refractivity contribution is -0.136. The summed E-state index contributed by atoms with van der Waals surface area (Å²) in [6.45, 7) is 4.26. The van der Waals surface area contributed by atoms with Crippen LogP contribution in [0.2, 0.25) is 0 Å². The van der Waals surface area contributed by atoms with Crippen LogP contribution in [0.3, 0.4) is 0 Å². The Morgan fingerprint density at radius 1 is 1.38 bits per heavy atom. The minimum atomic E-state index is -0.283. The van der Waals surface area contributed by atoms with Gasteiger partial charge in [-0.2, -0.15) is 5.10 Å². The molecule has 110 valence electrons. The van der Waals surface area contributed by atoms with Crippen LogP contribution < -0.4 is 9.47 Å². The monoisotopic (exact) mass is 286 g/mol. The molecular weight excluding hydrogens is 268 g/mol. The molecule has 1 aliphatic heterocycles. The Kier molecular flexibility index (Phi) is 3.41. The second kappa shape index (κ2) is 5.24. The quantitative estimate of drug-likeness (QED) is 0.796. The number of para-hydroxylation sites is 1. The van der Waals surface area contributed by atoms with E-state index in [-0.39, 0.29) is 11.9 Å². The molecule has 0 saturated carbocycles. The summed E-state index contributed by atoms with van der Waals surface area (Å²) in [6, 6.07) is 7.62. The highest BCUT2D eigenvalue weighted by Gasteiger charge is 2.30. The Morgan fingerprint density at radius 3 is 2.86 bits per heavy atom. The van der Waals surface area contributed by atoms with E-state index < -0.39 is 0 Å². The largest absolute Gasteiger partial charge is 0.493 e. The maximum atomic E-state index is 12.5. The number of nitrogens with zero attached hydrogens (tertiary/aromatic N) is 2. The molecule has 3 rings (SSSR count). The first-order chi connectivity index (χ1) is 10.1. The van der Waals surface area contributed by atoms with Gasteiger partial charge in [0, 0.05) is 12.6 Å². The van der Waals surface area contributed by atoms with Crippen LogP contribution in [-0.4, -0.2) is 22.4 Å². The van der Waals surface area contributed by atoms with Crippen LogP contribution >= 0.6 is 0 Å². The molecule has 1 aromatic carbocycles. The van der Waals surface area contributed by atoms with Gasteiger partial charge < -0.3 is 9.47 Å². The number of esters is 1. The molecule has 0 amide bonds. The van der Waals surface area contributed by atoms with Gasteiger partial charge in [0.05, 0.1) is 18.2 Å². The van der Waals surface area contributed by atoms with Crippen molar-refractivity contribution in [3.05, 3.63) is 41.2 Å². The molecule has 0 unspecified atom stereocenters. The number of ether oxygens (including phenoxy) is 2. The topological polar surface area (TPSA) is 53.4 Å². The van der Waals surface area contributed by atoms with Gasteiger partial charge in [0.25, 0.3) is 0 Å². The zero-order valence-corrected chi connectivity index (χ0v) is 12.4. The summed E-state index contributed by atoms with van der Waals surface area (Å²) in [5.41, 5.74) is 2.47. The normalized spacial score (nSPS) is 17.0. The number of hydrogen-bond donors (Lipinski definition) is 0. The number of benzene rings is 1. The van der Waals surface area contributed by atoms with Crippen molar-refractivity contribution in [1.82, 2.24) is 9.78 Å². The Hall–Kier alpha value is -2.30. The Bertz CT molecular complexity index is 691. The molecule has 1 aromatic heterocycles. The highest BCUT2D eigenvalue weighted by Crippen LogP contribution is 2.35. The van der Waals surface area contributed by atoms with Crippen molar-refractivity contribution in [2.75, 3.05) is 6.61 Å². The van der Waals surface area contributed by atoms with E-state index >= 15 is 0 Å². The number of carbonyl (C=O) groups is 1. The zero-order chi connectivity index (χ0) is 15.0. The fourth-order valence-corrected chi connectivity index (χ4v) is 2.66.